The van der Waals surface area contributed by atoms with Crippen LogP contribution in [0.3, 0.4) is 0 Å². The minimum Gasteiger partial charge on any atom is -0.318 e. The Morgan fingerprint density at radius 3 is 2.53 bits per heavy atom. The molecule has 0 spiro atoms. The van der Waals surface area contributed by atoms with Crippen molar-refractivity contribution in [3.05, 3.63) is 69.0 Å². The Kier molecular flexibility index (Phi) is 7.48. The first kappa shape index (κ1) is 21.9. The number of rotatable bonds is 9. The summed E-state index contributed by atoms with van der Waals surface area (Å²) < 4.78 is 1.56. The second-order valence-corrected chi connectivity index (χ2v) is 8.08. The number of H-pyrrole nitrogens is 1. The Labute approximate surface area is 181 Å². The molecule has 8 heteroatoms. The van der Waals surface area contributed by atoms with E-state index in [-0.39, 0.29) is 11.7 Å². The van der Waals surface area contributed by atoms with Gasteiger partial charge in [-0.2, -0.15) is 0 Å². The van der Waals surface area contributed by atoms with Crippen molar-refractivity contribution in [2.24, 2.45) is 0 Å². The highest BCUT2D eigenvalue weighted by Gasteiger charge is 2.18. The molecule has 2 aromatic heterocycles. The van der Waals surface area contributed by atoms with Crippen molar-refractivity contribution in [1.82, 2.24) is 19.4 Å². The fraction of sp³-hybridized carbons (Fsp3) is 0.364. The number of urea groups is 1. The third-order valence-corrected chi connectivity index (χ3v) is 6.00. The molecule has 0 aliphatic heterocycles. The van der Waals surface area contributed by atoms with E-state index in [1.54, 1.807) is 22.1 Å². The standard InChI is InChI=1S/C22H29N5O2S/c1-4-25(5-2)12-13-26(16-18-9-8-14-30-18)22(29)24-19-10-6-7-11-20(19)27-17(3)15-23-21(27)28/h6-11,14-15H,4-5,12-13,16H2,1-3H3,(H,23,28)(H,24,29). The summed E-state index contributed by atoms with van der Waals surface area (Å²) in [6, 6.07) is 11.2. The lowest BCUT2D eigenvalue weighted by Gasteiger charge is -2.27. The zero-order valence-electron chi connectivity index (χ0n) is 17.7. The summed E-state index contributed by atoms with van der Waals surface area (Å²) in [5.74, 6) is 0. The van der Waals surface area contributed by atoms with Crippen molar-refractivity contribution in [2.75, 3.05) is 31.5 Å². The molecule has 160 valence electrons. The Balaban J connectivity index is 1.82. The molecule has 0 fully saturated rings. The molecule has 0 bridgehead atoms. The maximum atomic E-state index is 13.2. The van der Waals surface area contributed by atoms with Crippen LogP contribution in [0.2, 0.25) is 0 Å². The van der Waals surface area contributed by atoms with Crippen LogP contribution in [0.1, 0.15) is 24.4 Å². The number of carbonyl (C=O) groups is 1. The summed E-state index contributed by atoms with van der Waals surface area (Å²) in [6.45, 7) is 9.98. The lowest BCUT2D eigenvalue weighted by Crippen LogP contribution is -2.40. The Hall–Kier alpha value is -2.84. The number of imidazole rings is 1. The number of amides is 2. The number of hydrogen-bond acceptors (Lipinski definition) is 4. The normalized spacial score (nSPS) is 11.1. The molecular weight excluding hydrogens is 398 g/mol. The number of aryl methyl sites for hydroxylation is 1. The zero-order chi connectivity index (χ0) is 21.5. The van der Waals surface area contributed by atoms with Crippen LogP contribution < -0.4 is 11.0 Å². The number of carbonyl (C=O) groups excluding carboxylic acids is 1. The number of aromatic amines is 1. The Morgan fingerprint density at radius 1 is 1.13 bits per heavy atom. The molecule has 0 radical (unpaired) electrons. The lowest BCUT2D eigenvalue weighted by atomic mass is 10.2. The van der Waals surface area contributed by atoms with Crippen LogP contribution in [0.5, 0.6) is 0 Å². The monoisotopic (exact) mass is 427 g/mol. The van der Waals surface area contributed by atoms with Crippen LogP contribution in [0.25, 0.3) is 5.69 Å². The highest BCUT2D eigenvalue weighted by atomic mass is 32.1. The molecule has 0 unspecified atom stereocenters. The Bertz CT molecular complexity index is 1000. The Morgan fingerprint density at radius 2 is 1.90 bits per heavy atom. The molecule has 1 aromatic carbocycles. The molecule has 0 aliphatic carbocycles. The van der Waals surface area contributed by atoms with Crippen LogP contribution in [0.4, 0.5) is 10.5 Å². The number of hydrogen-bond donors (Lipinski definition) is 2. The van der Waals surface area contributed by atoms with Gasteiger partial charge in [0.2, 0.25) is 0 Å². The highest BCUT2D eigenvalue weighted by Crippen LogP contribution is 2.21. The molecular formula is C22H29N5O2S. The van der Waals surface area contributed by atoms with E-state index in [0.717, 1.165) is 30.2 Å². The van der Waals surface area contributed by atoms with E-state index in [1.807, 2.05) is 53.6 Å². The molecule has 2 amide bonds. The molecule has 0 saturated heterocycles. The van der Waals surface area contributed by atoms with Crippen molar-refractivity contribution >= 4 is 23.1 Å². The molecule has 0 aliphatic rings. The van der Waals surface area contributed by atoms with Gasteiger partial charge in [-0.05, 0) is 43.6 Å². The van der Waals surface area contributed by atoms with Crippen LogP contribution in [-0.4, -0.2) is 51.6 Å². The largest absolute Gasteiger partial charge is 0.330 e. The number of nitrogens with one attached hydrogen (secondary N) is 2. The summed E-state index contributed by atoms with van der Waals surface area (Å²) >= 11 is 1.64. The molecule has 30 heavy (non-hydrogen) atoms. The second kappa shape index (κ2) is 10.3. The van der Waals surface area contributed by atoms with Gasteiger partial charge in [0.1, 0.15) is 0 Å². The number of para-hydroxylation sites is 2. The molecule has 3 rings (SSSR count). The van der Waals surface area contributed by atoms with E-state index in [0.29, 0.717) is 24.5 Å². The summed E-state index contributed by atoms with van der Waals surface area (Å²) in [7, 11) is 0. The van der Waals surface area contributed by atoms with Gasteiger partial charge in [-0.25, -0.2) is 9.59 Å². The number of aromatic nitrogens is 2. The predicted octanol–water partition coefficient (Wildman–Crippen LogP) is 3.91. The van der Waals surface area contributed by atoms with Crippen LogP contribution >= 0.6 is 11.3 Å². The summed E-state index contributed by atoms with van der Waals surface area (Å²) in [4.78, 5) is 33.4. The number of benzene rings is 1. The van der Waals surface area contributed by atoms with Gasteiger partial charge in [-0.1, -0.05) is 32.0 Å². The summed E-state index contributed by atoms with van der Waals surface area (Å²) in [5, 5.41) is 5.05. The predicted molar refractivity (Wildman–Crippen MR) is 123 cm³/mol. The second-order valence-electron chi connectivity index (χ2n) is 7.05. The molecule has 0 saturated carbocycles. The van der Waals surface area contributed by atoms with Crippen molar-refractivity contribution in [1.29, 1.82) is 0 Å². The first-order valence-electron chi connectivity index (χ1n) is 10.2. The maximum Gasteiger partial charge on any atom is 0.330 e. The first-order valence-corrected chi connectivity index (χ1v) is 11.1. The van der Waals surface area contributed by atoms with Gasteiger partial charge in [0.05, 0.1) is 17.9 Å². The third kappa shape index (κ3) is 5.20. The third-order valence-electron chi connectivity index (χ3n) is 5.14. The van der Waals surface area contributed by atoms with Crippen LogP contribution in [-0.2, 0) is 6.54 Å². The maximum absolute atomic E-state index is 13.2. The van der Waals surface area contributed by atoms with Crippen LogP contribution in [0, 0.1) is 6.92 Å². The zero-order valence-corrected chi connectivity index (χ0v) is 18.5. The van der Waals surface area contributed by atoms with Gasteiger partial charge < -0.3 is 20.1 Å². The summed E-state index contributed by atoms with van der Waals surface area (Å²) in [5.41, 5.74) is 1.80. The number of anilines is 1. The number of nitrogens with zero attached hydrogens (tertiary/aromatic N) is 3. The average Bonchev–Trinajstić information content (AvgIpc) is 3.38. The van der Waals surface area contributed by atoms with Crippen molar-refractivity contribution < 1.29 is 4.79 Å². The minimum atomic E-state index is -0.230. The molecule has 7 nitrogen and oxygen atoms in total. The van der Waals surface area contributed by atoms with Gasteiger partial charge in [0.15, 0.2) is 0 Å². The van der Waals surface area contributed by atoms with Gasteiger partial charge in [0.25, 0.3) is 0 Å². The van der Waals surface area contributed by atoms with E-state index in [9.17, 15) is 9.59 Å². The fourth-order valence-corrected chi connectivity index (χ4v) is 4.09. The number of thiophene rings is 1. The van der Waals surface area contributed by atoms with Gasteiger partial charge in [-0.15, -0.1) is 11.3 Å². The fourth-order valence-electron chi connectivity index (χ4n) is 3.37. The summed E-state index contributed by atoms with van der Waals surface area (Å²) in [6.07, 6.45) is 1.66. The molecule has 2 heterocycles. The number of likely N-dealkylation sites (N-methyl/N-ethyl adjacent to an activating group) is 1. The molecule has 0 atom stereocenters. The topological polar surface area (TPSA) is 73.4 Å². The van der Waals surface area contributed by atoms with E-state index < -0.39 is 0 Å². The van der Waals surface area contributed by atoms with Crippen molar-refractivity contribution in [2.45, 2.75) is 27.3 Å². The SMILES string of the molecule is CCN(CC)CCN(Cc1cccs1)C(=O)Nc1ccccc1-n1c(C)c[nH]c1=O. The smallest absolute Gasteiger partial charge is 0.318 e. The average molecular weight is 428 g/mol. The van der Waals surface area contributed by atoms with E-state index in [1.165, 1.54) is 0 Å². The minimum absolute atomic E-state index is 0.177. The van der Waals surface area contributed by atoms with E-state index in [2.05, 4.69) is 29.0 Å². The lowest BCUT2D eigenvalue weighted by molar-refractivity contribution is 0.195. The van der Waals surface area contributed by atoms with Crippen molar-refractivity contribution in [3.63, 3.8) is 0 Å². The van der Waals surface area contributed by atoms with Gasteiger partial charge >= 0.3 is 11.7 Å². The van der Waals surface area contributed by atoms with E-state index in [4.69, 9.17) is 0 Å². The van der Waals surface area contributed by atoms with Crippen LogP contribution in [0.15, 0.2) is 52.8 Å². The van der Waals surface area contributed by atoms with Gasteiger partial charge in [-0.3, -0.25) is 4.57 Å². The quantitative estimate of drug-likeness (QED) is 0.544. The highest BCUT2D eigenvalue weighted by molar-refractivity contribution is 7.09. The molecule has 3 aromatic rings. The van der Waals surface area contributed by atoms with Gasteiger partial charge in [0, 0.05) is 29.9 Å². The van der Waals surface area contributed by atoms with Crippen molar-refractivity contribution in [3.8, 4) is 5.69 Å². The molecule has 2 N–H and O–H groups in total. The first-order chi connectivity index (χ1) is 14.5. The van der Waals surface area contributed by atoms with E-state index >= 15 is 0 Å².